The lowest BCUT2D eigenvalue weighted by Gasteiger charge is -2.04. The monoisotopic (exact) mass is 319 g/mol. The van der Waals surface area contributed by atoms with Crippen molar-refractivity contribution in [3.8, 4) is 17.3 Å². The Bertz CT molecular complexity index is 1030. The molecular weight excluding hydrogens is 306 g/mol. The molecule has 4 rings (SSSR count). The fraction of sp³-hybridized carbons (Fsp3) is 0.0588. The first kappa shape index (κ1) is 14.1. The fourth-order valence-electron chi connectivity index (χ4n) is 2.31. The van der Waals surface area contributed by atoms with Gasteiger partial charge < -0.3 is 9.72 Å². The van der Waals surface area contributed by atoms with Crippen molar-refractivity contribution < 1.29 is 4.74 Å². The highest BCUT2D eigenvalue weighted by molar-refractivity contribution is 5.56. The largest absolute Gasteiger partial charge is 0.471 e. The summed E-state index contributed by atoms with van der Waals surface area (Å²) >= 11 is 0. The Kier molecular flexibility index (Phi) is 3.51. The molecule has 7 nitrogen and oxygen atoms in total. The number of aromatic amines is 1. The third-order valence-corrected chi connectivity index (χ3v) is 3.43. The van der Waals surface area contributed by atoms with Gasteiger partial charge in [0.15, 0.2) is 5.82 Å². The predicted molar refractivity (Wildman–Crippen MR) is 87.6 cm³/mol. The second kappa shape index (κ2) is 5.96. The molecule has 0 fully saturated rings. The zero-order valence-corrected chi connectivity index (χ0v) is 12.6. The van der Waals surface area contributed by atoms with Crippen LogP contribution < -0.4 is 10.3 Å². The van der Waals surface area contributed by atoms with Gasteiger partial charge in [0.25, 0.3) is 5.56 Å². The summed E-state index contributed by atoms with van der Waals surface area (Å²) in [5, 5.41) is 4.25. The van der Waals surface area contributed by atoms with Crippen LogP contribution in [0, 0.1) is 0 Å². The van der Waals surface area contributed by atoms with Crippen LogP contribution in [0.5, 0.6) is 5.88 Å². The number of rotatable bonds is 4. The summed E-state index contributed by atoms with van der Waals surface area (Å²) in [5.41, 5.74) is 1.18. The molecule has 4 aromatic rings. The molecule has 0 aliphatic carbocycles. The zero-order valence-electron chi connectivity index (χ0n) is 12.6. The molecule has 0 saturated heterocycles. The van der Waals surface area contributed by atoms with E-state index in [4.69, 9.17) is 4.74 Å². The fourth-order valence-corrected chi connectivity index (χ4v) is 2.31. The molecule has 0 atom stereocenters. The van der Waals surface area contributed by atoms with Crippen molar-refractivity contribution in [2.24, 2.45) is 0 Å². The SMILES string of the molecule is O=c1cc(COc2ccccn2)[nH]c2nc(-c3ccccc3)nn12. The van der Waals surface area contributed by atoms with E-state index in [9.17, 15) is 4.79 Å². The van der Waals surface area contributed by atoms with Gasteiger partial charge in [-0.25, -0.2) is 4.98 Å². The van der Waals surface area contributed by atoms with E-state index in [0.717, 1.165) is 5.56 Å². The summed E-state index contributed by atoms with van der Waals surface area (Å²) in [4.78, 5) is 23.7. The first-order valence-corrected chi connectivity index (χ1v) is 7.38. The number of H-pyrrole nitrogens is 1. The standard InChI is InChI=1S/C17H13N5O2/c23-15-10-13(11-24-14-8-4-5-9-18-14)19-17-20-16(21-22(15)17)12-6-2-1-3-7-12/h1-10H,11H2,(H,19,20,21). The maximum Gasteiger partial charge on any atom is 0.276 e. The highest BCUT2D eigenvalue weighted by Crippen LogP contribution is 2.14. The van der Waals surface area contributed by atoms with Crippen molar-refractivity contribution in [1.29, 1.82) is 0 Å². The van der Waals surface area contributed by atoms with E-state index in [-0.39, 0.29) is 12.2 Å². The smallest absolute Gasteiger partial charge is 0.276 e. The predicted octanol–water partition coefficient (Wildman–Crippen LogP) is 2.06. The van der Waals surface area contributed by atoms with Gasteiger partial charge in [0.2, 0.25) is 11.7 Å². The van der Waals surface area contributed by atoms with Crippen LogP contribution in [-0.4, -0.2) is 24.6 Å². The first-order valence-electron chi connectivity index (χ1n) is 7.38. The maximum absolute atomic E-state index is 12.2. The Balaban J connectivity index is 1.66. The second-order valence-corrected chi connectivity index (χ2v) is 5.13. The van der Waals surface area contributed by atoms with Crippen LogP contribution in [-0.2, 0) is 6.61 Å². The van der Waals surface area contributed by atoms with Crippen LogP contribution in [0.25, 0.3) is 17.2 Å². The molecule has 24 heavy (non-hydrogen) atoms. The molecular formula is C17H13N5O2. The lowest BCUT2D eigenvalue weighted by molar-refractivity contribution is 0.289. The Morgan fingerprint density at radius 1 is 1.08 bits per heavy atom. The number of hydrogen-bond donors (Lipinski definition) is 1. The average molecular weight is 319 g/mol. The summed E-state index contributed by atoms with van der Waals surface area (Å²) in [5.74, 6) is 1.36. The van der Waals surface area contributed by atoms with Crippen molar-refractivity contribution in [2.45, 2.75) is 6.61 Å². The first-order chi connectivity index (χ1) is 11.8. The van der Waals surface area contributed by atoms with E-state index in [2.05, 4.69) is 20.1 Å². The highest BCUT2D eigenvalue weighted by atomic mass is 16.5. The van der Waals surface area contributed by atoms with Gasteiger partial charge in [0.05, 0.1) is 5.69 Å². The lowest BCUT2D eigenvalue weighted by atomic mass is 10.2. The van der Waals surface area contributed by atoms with Crippen LogP contribution in [0.2, 0.25) is 0 Å². The molecule has 0 spiro atoms. The van der Waals surface area contributed by atoms with Crippen LogP contribution in [0.15, 0.2) is 65.6 Å². The van der Waals surface area contributed by atoms with Crippen LogP contribution in [0.1, 0.15) is 5.69 Å². The Labute approximate surface area is 136 Å². The molecule has 118 valence electrons. The lowest BCUT2D eigenvalue weighted by Crippen LogP contribution is -2.16. The topological polar surface area (TPSA) is 85.2 Å². The van der Waals surface area contributed by atoms with E-state index in [1.165, 1.54) is 10.6 Å². The second-order valence-electron chi connectivity index (χ2n) is 5.13. The Morgan fingerprint density at radius 2 is 1.92 bits per heavy atom. The third-order valence-electron chi connectivity index (χ3n) is 3.43. The molecule has 1 aromatic carbocycles. The van der Waals surface area contributed by atoms with Crippen molar-refractivity contribution >= 4 is 5.78 Å². The van der Waals surface area contributed by atoms with Gasteiger partial charge in [-0.05, 0) is 6.07 Å². The van der Waals surface area contributed by atoms with E-state index in [1.54, 1.807) is 12.3 Å². The molecule has 3 heterocycles. The summed E-state index contributed by atoms with van der Waals surface area (Å²) in [6.45, 7) is 0.191. The van der Waals surface area contributed by atoms with Crippen molar-refractivity contribution in [3.05, 3.63) is 76.8 Å². The number of hydrogen-bond acceptors (Lipinski definition) is 5. The summed E-state index contributed by atoms with van der Waals surface area (Å²) in [7, 11) is 0. The molecule has 3 aromatic heterocycles. The van der Waals surface area contributed by atoms with Gasteiger partial charge in [0.1, 0.15) is 6.61 Å². The molecule has 1 N–H and O–H groups in total. The number of aromatic nitrogens is 5. The Morgan fingerprint density at radius 3 is 2.71 bits per heavy atom. The van der Waals surface area contributed by atoms with Crippen LogP contribution in [0.3, 0.4) is 0 Å². The number of benzene rings is 1. The van der Waals surface area contributed by atoms with Gasteiger partial charge in [-0.1, -0.05) is 36.4 Å². The van der Waals surface area contributed by atoms with E-state index in [1.807, 2.05) is 42.5 Å². The minimum absolute atomic E-state index is 0.191. The van der Waals surface area contributed by atoms with E-state index < -0.39 is 0 Å². The number of fused-ring (bicyclic) bond motifs is 1. The van der Waals surface area contributed by atoms with Gasteiger partial charge >= 0.3 is 0 Å². The van der Waals surface area contributed by atoms with Crippen molar-refractivity contribution in [3.63, 3.8) is 0 Å². The molecule has 0 aliphatic heterocycles. The molecule has 0 bridgehead atoms. The van der Waals surface area contributed by atoms with E-state index in [0.29, 0.717) is 23.2 Å². The van der Waals surface area contributed by atoms with Gasteiger partial charge in [-0.15, -0.1) is 5.10 Å². The van der Waals surface area contributed by atoms with Gasteiger partial charge in [-0.3, -0.25) is 4.79 Å². The van der Waals surface area contributed by atoms with Gasteiger partial charge in [0, 0.05) is 23.9 Å². The molecule has 7 heteroatoms. The number of nitrogens with zero attached hydrogens (tertiary/aromatic N) is 4. The molecule has 0 unspecified atom stereocenters. The summed E-state index contributed by atoms with van der Waals surface area (Å²) < 4.78 is 6.79. The minimum atomic E-state index is -0.266. The number of ether oxygens (including phenoxy) is 1. The zero-order chi connectivity index (χ0) is 16.4. The van der Waals surface area contributed by atoms with Gasteiger partial charge in [-0.2, -0.15) is 9.50 Å². The molecule has 0 aliphatic rings. The maximum atomic E-state index is 12.2. The van der Waals surface area contributed by atoms with Crippen molar-refractivity contribution in [2.75, 3.05) is 0 Å². The Hall–Kier alpha value is -3.48. The van der Waals surface area contributed by atoms with E-state index >= 15 is 0 Å². The highest BCUT2D eigenvalue weighted by Gasteiger charge is 2.10. The van der Waals surface area contributed by atoms with Crippen molar-refractivity contribution in [1.82, 2.24) is 24.6 Å². The summed E-state index contributed by atoms with van der Waals surface area (Å²) in [6, 6.07) is 16.3. The molecule has 0 saturated carbocycles. The number of nitrogens with one attached hydrogen (secondary N) is 1. The quantitative estimate of drug-likeness (QED) is 0.622. The normalized spacial score (nSPS) is 10.8. The number of pyridine rings is 1. The third kappa shape index (κ3) is 2.74. The van der Waals surface area contributed by atoms with Crippen LogP contribution in [0.4, 0.5) is 0 Å². The molecule has 0 radical (unpaired) electrons. The van der Waals surface area contributed by atoms with Crippen LogP contribution >= 0.6 is 0 Å². The minimum Gasteiger partial charge on any atom is -0.471 e. The summed E-state index contributed by atoms with van der Waals surface area (Å²) in [6.07, 6.45) is 1.64. The molecule has 0 amide bonds. The average Bonchev–Trinajstić information content (AvgIpc) is 3.06.